The van der Waals surface area contributed by atoms with Gasteiger partial charge < -0.3 is 19.6 Å². The number of hydrogen-bond donors (Lipinski definition) is 2. The molecule has 0 unspecified atom stereocenters. The van der Waals surface area contributed by atoms with Gasteiger partial charge in [-0.3, -0.25) is 4.68 Å². The Morgan fingerprint density at radius 2 is 1.93 bits per heavy atom. The number of rotatable bonds is 5. The van der Waals surface area contributed by atoms with Crippen molar-refractivity contribution >= 4 is 17.0 Å². The quantitative estimate of drug-likeness (QED) is 0.552. The van der Waals surface area contributed by atoms with Crippen molar-refractivity contribution in [2.75, 3.05) is 14.2 Å². The number of carboxylic acid groups (broad SMARTS) is 1. The van der Waals surface area contributed by atoms with Crippen LogP contribution in [0.4, 0.5) is 0 Å². The Morgan fingerprint density at radius 3 is 2.64 bits per heavy atom. The topological polar surface area (TPSA) is 102 Å². The smallest absolute Gasteiger partial charge is 0.335 e. The average molecular weight is 378 g/mol. The number of aryl methyl sites for hydroxylation is 1. The monoisotopic (exact) mass is 378 g/mol. The van der Waals surface area contributed by atoms with Crippen molar-refractivity contribution in [2.45, 2.75) is 0 Å². The van der Waals surface area contributed by atoms with Crippen molar-refractivity contribution in [1.82, 2.24) is 19.7 Å². The maximum absolute atomic E-state index is 11.2. The maximum Gasteiger partial charge on any atom is 0.335 e. The third kappa shape index (κ3) is 2.75. The largest absolute Gasteiger partial charge is 0.496 e. The minimum Gasteiger partial charge on any atom is -0.496 e. The lowest BCUT2D eigenvalue weighted by Gasteiger charge is -2.07. The molecule has 2 aromatic heterocycles. The summed E-state index contributed by atoms with van der Waals surface area (Å²) in [5.41, 5.74) is 3.54. The summed E-state index contributed by atoms with van der Waals surface area (Å²) in [6, 6.07) is 12.3. The standard InChI is InChI=1S/C20H18N4O4/c1-24-17(19-21-13-9-8-11(20(25)26)10-14(13)22-19)18(28-3)16(23-24)12-6-4-5-7-15(12)27-2/h4-10H,1-3H3,(H,21,22)(H,25,26). The van der Waals surface area contributed by atoms with Gasteiger partial charge in [-0.15, -0.1) is 0 Å². The highest BCUT2D eigenvalue weighted by Gasteiger charge is 2.24. The summed E-state index contributed by atoms with van der Waals surface area (Å²) in [5.74, 6) is 0.769. The van der Waals surface area contributed by atoms with Crippen LogP contribution in [-0.2, 0) is 7.05 Å². The van der Waals surface area contributed by atoms with Crippen LogP contribution in [-0.4, -0.2) is 45.0 Å². The van der Waals surface area contributed by atoms with Gasteiger partial charge in [0.2, 0.25) is 0 Å². The molecule has 2 aromatic carbocycles. The van der Waals surface area contributed by atoms with Crippen LogP contribution in [0, 0.1) is 0 Å². The Kier molecular flexibility index (Phi) is 4.23. The summed E-state index contributed by atoms with van der Waals surface area (Å²) in [4.78, 5) is 19.0. The van der Waals surface area contributed by atoms with Crippen LogP contribution in [0.1, 0.15) is 10.4 Å². The van der Waals surface area contributed by atoms with E-state index < -0.39 is 5.97 Å². The normalized spacial score (nSPS) is 11.0. The minimum atomic E-state index is -0.991. The fourth-order valence-electron chi connectivity index (χ4n) is 3.23. The van der Waals surface area contributed by atoms with Crippen LogP contribution >= 0.6 is 0 Å². The summed E-state index contributed by atoms with van der Waals surface area (Å²) < 4.78 is 12.8. The molecule has 2 heterocycles. The fraction of sp³-hybridized carbons (Fsp3) is 0.150. The SMILES string of the molecule is COc1ccccc1-c1nn(C)c(-c2nc3ccc(C(=O)O)cc3[nH]2)c1OC. The molecule has 0 amide bonds. The highest BCUT2D eigenvalue weighted by molar-refractivity contribution is 5.93. The summed E-state index contributed by atoms with van der Waals surface area (Å²) in [6.45, 7) is 0. The number of carbonyl (C=O) groups is 1. The third-order valence-corrected chi connectivity index (χ3v) is 4.52. The molecule has 4 rings (SSSR count). The van der Waals surface area contributed by atoms with Gasteiger partial charge in [0.15, 0.2) is 11.6 Å². The Hall–Kier alpha value is -3.81. The van der Waals surface area contributed by atoms with Crippen LogP contribution in [0.5, 0.6) is 11.5 Å². The fourth-order valence-corrected chi connectivity index (χ4v) is 3.23. The molecule has 0 fully saturated rings. The number of nitrogens with zero attached hydrogens (tertiary/aromatic N) is 3. The molecule has 0 atom stereocenters. The van der Waals surface area contributed by atoms with Crippen LogP contribution < -0.4 is 9.47 Å². The van der Waals surface area contributed by atoms with Crippen molar-refractivity contribution in [3.63, 3.8) is 0 Å². The highest BCUT2D eigenvalue weighted by Crippen LogP contribution is 2.41. The van der Waals surface area contributed by atoms with Gasteiger partial charge in [-0.1, -0.05) is 12.1 Å². The van der Waals surface area contributed by atoms with Crippen LogP contribution in [0.25, 0.3) is 33.8 Å². The van der Waals surface area contributed by atoms with E-state index in [1.54, 1.807) is 38.1 Å². The molecule has 0 aliphatic carbocycles. The molecule has 142 valence electrons. The van der Waals surface area contributed by atoms with E-state index in [0.29, 0.717) is 39.7 Å². The van der Waals surface area contributed by atoms with Gasteiger partial charge in [-0.2, -0.15) is 5.10 Å². The first-order valence-corrected chi connectivity index (χ1v) is 8.51. The van der Waals surface area contributed by atoms with E-state index in [2.05, 4.69) is 15.1 Å². The second-order valence-corrected chi connectivity index (χ2v) is 6.18. The molecule has 8 nitrogen and oxygen atoms in total. The van der Waals surface area contributed by atoms with Gasteiger partial charge in [0.05, 0.1) is 30.8 Å². The Bertz CT molecular complexity index is 1190. The zero-order chi connectivity index (χ0) is 19.8. The summed E-state index contributed by atoms with van der Waals surface area (Å²) in [7, 11) is 4.98. The lowest BCUT2D eigenvalue weighted by Crippen LogP contribution is -1.96. The molecule has 28 heavy (non-hydrogen) atoms. The number of aromatic nitrogens is 4. The number of imidazole rings is 1. The number of carboxylic acids is 1. The number of aromatic carboxylic acids is 1. The molecular weight excluding hydrogens is 360 g/mol. The maximum atomic E-state index is 11.2. The van der Waals surface area contributed by atoms with Crippen LogP contribution in [0.3, 0.4) is 0 Å². The predicted octanol–water partition coefficient (Wildman–Crippen LogP) is 3.35. The molecule has 0 bridgehead atoms. The summed E-state index contributed by atoms with van der Waals surface area (Å²) in [6.07, 6.45) is 0. The van der Waals surface area contributed by atoms with Crippen molar-refractivity contribution in [3.8, 4) is 34.3 Å². The first-order valence-electron chi connectivity index (χ1n) is 8.51. The van der Waals surface area contributed by atoms with Crippen molar-refractivity contribution in [3.05, 3.63) is 48.0 Å². The molecule has 0 saturated carbocycles. The van der Waals surface area contributed by atoms with Gasteiger partial charge in [0.25, 0.3) is 0 Å². The van der Waals surface area contributed by atoms with E-state index in [0.717, 1.165) is 5.56 Å². The third-order valence-electron chi connectivity index (χ3n) is 4.52. The van der Waals surface area contributed by atoms with E-state index in [1.807, 2.05) is 24.3 Å². The van der Waals surface area contributed by atoms with Gasteiger partial charge in [0.1, 0.15) is 17.1 Å². The van der Waals surface area contributed by atoms with Crippen molar-refractivity contribution in [1.29, 1.82) is 0 Å². The lowest BCUT2D eigenvalue weighted by molar-refractivity contribution is 0.0697. The Morgan fingerprint density at radius 1 is 1.14 bits per heavy atom. The van der Waals surface area contributed by atoms with Gasteiger partial charge in [-0.25, -0.2) is 9.78 Å². The Labute approximate surface area is 160 Å². The summed E-state index contributed by atoms with van der Waals surface area (Å²) in [5, 5.41) is 13.8. The summed E-state index contributed by atoms with van der Waals surface area (Å²) >= 11 is 0. The van der Waals surface area contributed by atoms with E-state index in [-0.39, 0.29) is 5.56 Å². The number of methoxy groups -OCH3 is 2. The predicted molar refractivity (Wildman–Crippen MR) is 104 cm³/mol. The molecule has 0 radical (unpaired) electrons. The minimum absolute atomic E-state index is 0.189. The molecular formula is C20H18N4O4. The van der Waals surface area contributed by atoms with E-state index in [4.69, 9.17) is 9.47 Å². The Balaban J connectivity index is 1.90. The number of fused-ring (bicyclic) bond motifs is 1. The lowest BCUT2D eigenvalue weighted by atomic mass is 10.1. The van der Waals surface area contributed by atoms with Gasteiger partial charge >= 0.3 is 5.97 Å². The van der Waals surface area contributed by atoms with Gasteiger partial charge in [-0.05, 0) is 30.3 Å². The number of benzene rings is 2. The molecule has 8 heteroatoms. The second kappa shape index (κ2) is 6.73. The second-order valence-electron chi connectivity index (χ2n) is 6.18. The zero-order valence-electron chi connectivity index (χ0n) is 15.6. The number of aromatic amines is 1. The van der Waals surface area contributed by atoms with Gasteiger partial charge in [0, 0.05) is 12.6 Å². The number of para-hydroxylation sites is 1. The highest BCUT2D eigenvalue weighted by atomic mass is 16.5. The number of nitrogens with one attached hydrogen (secondary N) is 1. The number of ether oxygens (including phenoxy) is 2. The van der Waals surface area contributed by atoms with Crippen LogP contribution in [0.2, 0.25) is 0 Å². The van der Waals surface area contributed by atoms with Crippen LogP contribution in [0.15, 0.2) is 42.5 Å². The van der Waals surface area contributed by atoms with Crippen molar-refractivity contribution in [2.24, 2.45) is 7.05 Å². The first kappa shape index (κ1) is 17.6. The molecule has 0 aliphatic heterocycles. The molecule has 2 N–H and O–H groups in total. The molecule has 0 aliphatic rings. The zero-order valence-corrected chi connectivity index (χ0v) is 15.6. The number of H-pyrrole nitrogens is 1. The molecule has 0 spiro atoms. The average Bonchev–Trinajstić information content (AvgIpc) is 3.26. The molecule has 0 saturated heterocycles. The first-order chi connectivity index (χ1) is 13.5. The molecule has 4 aromatic rings. The number of hydrogen-bond acceptors (Lipinski definition) is 5. The van der Waals surface area contributed by atoms with Crippen molar-refractivity contribution < 1.29 is 19.4 Å². The van der Waals surface area contributed by atoms with E-state index >= 15 is 0 Å². The van der Waals surface area contributed by atoms with E-state index in [1.165, 1.54) is 6.07 Å². The van der Waals surface area contributed by atoms with E-state index in [9.17, 15) is 9.90 Å².